The number of imidazole rings is 1. The quantitative estimate of drug-likeness (QED) is 0.327. The molecule has 2 atom stereocenters. The molecule has 3 aromatic rings. The number of nitrogens with one attached hydrogen (secondary N) is 1. The number of nitrogens with two attached hydrogens (primary N) is 1. The Morgan fingerprint density at radius 3 is 2.56 bits per heavy atom. The zero-order valence-corrected chi connectivity index (χ0v) is 21.8. The highest BCUT2D eigenvalue weighted by atomic mass is 19.4. The van der Waals surface area contributed by atoms with Crippen LogP contribution in [0.15, 0.2) is 24.5 Å². The summed E-state index contributed by atoms with van der Waals surface area (Å²) in [6.07, 6.45) is -2.86. The number of carbonyl (C=O) groups excluding carboxylic acids is 2. The van der Waals surface area contributed by atoms with E-state index in [2.05, 4.69) is 20.5 Å². The number of hydrogen-bond donors (Lipinski definition) is 2. The average Bonchev–Trinajstić information content (AvgIpc) is 3.53. The lowest BCUT2D eigenvalue weighted by Gasteiger charge is -2.32. The van der Waals surface area contributed by atoms with E-state index in [1.807, 2.05) is 0 Å². The molecule has 41 heavy (non-hydrogen) atoms. The Morgan fingerprint density at radius 2 is 1.93 bits per heavy atom. The number of fused-ring (bicyclic) bond motifs is 1. The summed E-state index contributed by atoms with van der Waals surface area (Å²) >= 11 is 0. The number of aryl methyl sites for hydroxylation is 1. The van der Waals surface area contributed by atoms with Gasteiger partial charge >= 0.3 is 6.18 Å². The third kappa shape index (κ3) is 6.67. The van der Waals surface area contributed by atoms with Crippen LogP contribution in [0.2, 0.25) is 0 Å². The number of rotatable bonds is 10. The van der Waals surface area contributed by atoms with Crippen LogP contribution in [0.1, 0.15) is 104 Å². The lowest BCUT2D eigenvalue weighted by molar-refractivity contribution is -0.144. The molecule has 0 saturated heterocycles. The van der Waals surface area contributed by atoms with Crippen LogP contribution in [0.3, 0.4) is 0 Å². The second kappa shape index (κ2) is 11.0. The fraction of sp³-hybridized carbons (Fsp3) is 0.593. The van der Waals surface area contributed by atoms with Crippen molar-refractivity contribution in [3.8, 4) is 0 Å². The molecule has 5 rings (SSSR count). The summed E-state index contributed by atoms with van der Waals surface area (Å²) < 4.78 is 107. The Morgan fingerprint density at radius 1 is 1.20 bits per heavy atom. The molecule has 14 heteroatoms. The molecule has 0 spiro atoms. The first-order valence-electron chi connectivity index (χ1n) is 15.8. The van der Waals surface area contributed by atoms with E-state index >= 15 is 0 Å². The molecule has 0 bridgehead atoms. The number of halogens is 5. The Labute approximate surface area is 239 Å². The number of carbonyl (C=O) groups is 2. The highest BCUT2D eigenvalue weighted by Crippen LogP contribution is 2.45. The lowest BCUT2D eigenvalue weighted by atomic mass is 9.76. The first-order valence-corrected chi connectivity index (χ1v) is 13.3. The average molecular weight is 587 g/mol. The molecule has 2 aliphatic rings. The Kier molecular flexibility index (Phi) is 6.19. The van der Waals surface area contributed by atoms with Gasteiger partial charge in [0.15, 0.2) is 5.65 Å². The van der Waals surface area contributed by atoms with Crippen molar-refractivity contribution in [1.82, 2.24) is 29.7 Å². The van der Waals surface area contributed by atoms with Gasteiger partial charge in [0.25, 0.3) is 5.91 Å². The van der Waals surface area contributed by atoms with Crippen molar-refractivity contribution in [2.24, 2.45) is 17.6 Å². The first kappa shape index (κ1) is 23.0. The first-order chi connectivity index (χ1) is 21.3. The van der Waals surface area contributed by atoms with Gasteiger partial charge in [-0.3, -0.25) is 14.3 Å². The molecule has 0 aromatic carbocycles. The maximum atomic E-state index is 14.2. The SMILES string of the molecule is [2H]C([2H])([2H])C([2H])([2H])n1nc([C@H](c2cn3ncc([C@H](NC(=O)CCC(F)(F)F)C4CC4)cc3n2)C2CCC(F)(F)CC2)cc1C(N)=O. The van der Waals surface area contributed by atoms with Gasteiger partial charge in [-0.15, -0.1) is 0 Å². The molecular weight excluding hydrogens is 549 g/mol. The van der Waals surface area contributed by atoms with E-state index in [0.29, 0.717) is 10.2 Å². The molecule has 0 radical (unpaired) electrons. The third-order valence-corrected chi connectivity index (χ3v) is 7.72. The van der Waals surface area contributed by atoms with Gasteiger partial charge in [0, 0.05) is 35.8 Å². The molecule has 3 aromatic heterocycles. The normalized spacial score (nSPS) is 21.7. The Hall–Kier alpha value is -3.58. The highest BCUT2D eigenvalue weighted by Gasteiger charge is 2.41. The van der Waals surface area contributed by atoms with Crippen LogP contribution in [0, 0.1) is 11.8 Å². The molecule has 2 amide bonds. The second-order valence-electron chi connectivity index (χ2n) is 10.8. The third-order valence-electron chi connectivity index (χ3n) is 7.72. The number of primary amides is 1. The van der Waals surface area contributed by atoms with E-state index < -0.39 is 86.5 Å². The van der Waals surface area contributed by atoms with E-state index in [0.717, 1.165) is 18.9 Å². The zero-order valence-electron chi connectivity index (χ0n) is 26.8. The summed E-state index contributed by atoms with van der Waals surface area (Å²) in [5.74, 6) is -6.21. The standard InChI is InChI=1S/C27H32F5N7O2/c1-2-38-20(25(33)41)12-18(37-38)23(15-5-8-26(28,29)9-6-15)19-14-39-21(35-19)11-17(13-34-39)24(16-3-4-16)36-22(40)7-10-27(30,31)32/h11-16,23-24H,2-10H2,1H3,(H2,33,41)(H,36,40)/t23-,24-/m1/s1/i1D3,2D2. The molecule has 2 aliphatic carbocycles. The van der Waals surface area contributed by atoms with Gasteiger partial charge in [0.1, 0.15) is 5.69 Å². The molecule has 3 heterocycles. The molecule has 0 aliphatic heterocycles. The summed E-state index contributed by atoms with van der Waals surface area (Å²) in [4.78, 5) is 29.3. The van der Waals surface area contributed by atoms with Crippen LogP contribution in [0.4, 0.5) is 22.0 Å². The van der Waals surface area contributed by atoms with Gasteiger partial charge in [-0.2, -0.15) is 23.4 Å². The summed E-state index contributed by atoms with van der Waals surface area (Å²) in [5.41, 5.74) is 5.99. The van der Waals surface area contributed by atoms with Gasteiger partial charge in [-0.25, -0.2) is 18.3 Å². The number of alkyl halides is 5. The predicted octanol–water partition coefficient (Wildman–Crippen LogP) is 4.91. The van der Waals surface area contributed by atoms with Gasteiger partial charge in [-0.1, -0.05) is 0 Å². The van der Waals surface area contributed by atoms with E-state index in [-0.39, 0.29) is 35.8 Å². The smallest absolute Gasteiger partial charge is 0.364 e. The van der Waals surface area contributed by atoms with Crippen LogP contribution >= 0.6 is 0 Å². The van der Waals surface area contributed by atoms with Crippen molar-refractivity contribution < 1.29 is 38.4 Å². The molecule has 222 valence electrons. The van der Waals surface area contributed by atoms with Gasteiger partial charge in [0.2, 0.25) is 11.8 Å². The molecule has 3 N–H and O–H groups in total. The van der Waals surface area contributed by atoms with Crippen molar-refractivity contribution in [3.63, 3.8) is 0 Å². The monoisotopic (exact) mass is 586 g/mol. The summed E-state index contributed by atoms with van der Waals surface area (Å²) in [5, 5.41) is 11.2. The number of aromatic nitrogens is 5. The van der Waals surface area contributed by atoms with E-state index in [1.165, 1.54) is 16.9 Å². The highest BCUT2D eigenvalue weighted by molar-refractivity contribution is 5.91. The van der Waals surface area contributed by atoms with E-state index in [1.54, 1.807) is 6.07 Å². The van der Waals surface area contributed by atoms with Crippen molar-refractivity contribution in [1.29, 1.82) is 0 Å². The van der Waals surface area contributed by atoms with E-state index in [9.17, 15) is 31.5 Å². The second-order valence-corrected chi connectivity index (χ2v) is 10.8. The van der Waals surface area contributed by atoms with Crippen LogP contribution in [0.25, 0.3) is 5.65 Å². The molecule has 2 fully saturated rings. The number of hydrogen-bond acceptors (Lipinski definition) is 5. The van der Waals surface area contributed by atoms with Crippen LogP contribution in [0.5, 0.6) is 0 Å². The fourth-order valence-corrected chi connectivity index (χ4v) is 5.48. The maximum Gasteiger partial charge on any atom is 0.389 e. The van der Waals surface area contributed by atoms with Gasteiger partial charge in [-0.05, 0) is 62.1 Å². The van der Waals surface area contributed by atoms with Crippen molar-refractivity contribution in [3.05, 3.63) is 47.2 Å². The fourth-order valence-electron chi connectivity index (χ4n) is 5.48. The topological polar surface area (TPSA) is 120 Å². The Balaban J connectivity index is 1.53. The minimum atomic E-state index is -4.48. The molecule has 0 unspecified atom stereocenters. The van der Waals surface area contributed by atoms with Crippen LogP contribution in [-0.2, 0) is 11.3 Å². The lowest BCUT2D eigenvalue weighted by Crippen LogP contribution is -2.30. The van der Waals surface area contributed by atoms with Crippen LogP contribution in [-0.4, -0.2) is 48.3 Å². The number of nitrogens with zero attached hydrogens (tertiary/aromatic N) is 5. The van der Waals surface area contributed by atoms with Crippen LogP contribution < -0.4 is 11.1 Å². The van der Waals surface area contributed by atoms with Crippen molar-refractivity contribution in [2.75, 3.05) is 0 Å². The summed E-state index contributed by atoms with van der Waals surface area (Å²) in [7, 11) is 0. The largest absolute Gasteiger partial charge is 0.389 e. The van der Waals surface area contributed by atoms with E-state index in [4.69, 9.17) is 12.6 Å². The summed E-state index contributed by atoms with van der Waals surface area (Å²) in [6.45, 7) is -6.38. The van der Waals surface area contributed by atoms with Crippen molar-refractivity contribution in [2.45, 2.75) is 88.8 Å². The Bertz CT molecular complexity index is 1610. The summed E-state index contributed by atoms with van der Waals surface area (Å²) in [6, 6.07) is 2.15. The van der Waals surface area contributed by atoms with Crippen molar-refractivity contribution >= 4 is 17.5 Å². The maximum absolute atomic E-state index is 14.2. The molecular formula is C27H32F5N7O2. The van der Waals surface area contributed by atoms with Gasteiger partial charge in [0.05, 0.1) is 39.0 Å². The minimum Gasteiger partial charge on any atom is -0.364 e. The number of amides is 2. The molecule has 2 saturated carbocycles. The minimum absolute atomic E-state index is 0.00500. The predicted molar refractivity (Wildman–Crippen MR) is 137 cm³/mol. The molecule has 9 nitrogen and oxygen atoms in total. The zero-order chi connectivity index (χ0) is 33.8. The van der Waals surface area contributed by atoms with Gasteiger partial charge < -0.3 is 11.1 Å².